The van der Waals surface area contributed by atoms with E-state index >= 15 is 0 Å². The Morgan fingerprint density at radius 1 is 1.04 bits per heavy atom. The van der Waals surface area contributed by atoms with E-state index in [1.54, 1.807) is 0 Å². The van der Waals surface area contributed by atoms with Gasteiger partial charge in [-0.3, -0.25) is 9.59 Å². The number of rotatable bonds is 6. The van der Waals surface area contributed by atoms with E-state index in [2.05, 4.69) is 10.3 Å². The van der Waals surface area contributed by atoms with Crippen molar-refractivity contribution < 1.29 is 9.59 Å². The van der Waals surface area contributed by atoms with Crippen molar-refractivity contribution in [2.24, 2.45) is 5.73 Å². The average molecular weight is 321 g/mol. The lowest BCUT2D eigenvalue weighted by atomic mass is 10.0. The second-order valence-corrected chi connectivity index (χ2v) is 5.75. The third-order valence-corrected chi connectivity index (χ3v) is 3.99. The molecule has 0 spiro atoms. The van der Waals surface area contributed by atoms with Crippen LogP contribution in [0, 0.1) is 0 Å². The summed E-state index contributed by atoms with van der Waals surface area (Å²) in [6.45, 7) is 0. The minimum atomic E-state index is -0.736. The third-order valence-electron chi connectivity index (χ3n) is 3.99. The van der Waals surface area contributed by atoms with Crippen molar-refractivity contribution >= 4 is 22.7 Å². The summed E-state index contributed by atoms with van der Waals surface area (Å²) in [6, 6.07) is 16.5. The van der Waals surface area contributed by atoms with Gasteiger partial charge in [0.1, 0.15) is 6.04 Å². The zero-order valence-electron chi connectivity index (χ0n) is 13.2. The monoisotopic (exact) mass is 321 g/mol. The first-order valence-corrected chi connectivity index (χ1v) is 7.81. The van der Waals surface area contributed by atoms with Gasteiger partial charge < -0.3 is 16.0 Å². The topological polar surface area (TPSA) is 88.0 Å². The van der Waals surface area contributed by atoms with Gasteiger partial charge in [-0.25, -0.2) is 0 Å². The van der Waals surface area contributed by atoms with Gasteiger partial charge in [0.2, 0.25) is 11.8 Å². The molecule has 1 atom stereocenters. The first kappa shape index (κ1) is 15.8. The molecular formula is C19H19N3O2. The molecule has 3 aromatic rings. The van der Waals surface area contributed by atoms with E-state index in [4.69, 9.17) is 5.73 Å². The fraction of sp³-hybridized carbons (Fsp3) is 0.158. The van der Waals surface area contributed by atoms with Crippen molar-refractivity contribution in [3.63, 3.8) is 0 Å². The third kappa shape index (κ3) is 3.63. The van der Waals surface area contributed by atoms with E-state index in [9.17, 15) is 9.59 Å². The largest absolute Gasteiger partial charge is 0.368 e. The zero-order chi connectivity index (χ0) is 16.9. The van der Waals surface area contributed by atoms with Crippen molar-refractivity contribution in [1.29, 1.82) is 0 Å². The number of carbonyl (C=O) groups excluding carboxylic acids is 2. The van der Waals surface area contributed by atoms with Crippen LogP contribution >= 0.6 is 0 Å². The van der Waals surface area contributed by atoms with Gasteiger partial charge in [0, 0.05) is 23.5 Å². The summed E-state index contributed by atoms with van der Waals surface area (Å²) in [7, 11) is 0. The van der Waals surface area contributed by atoms with Crippen LogP contribution in [0.15, 0.2) is 60.8 Å². The van der Waals surface area contributed by atoms with Gasteiger partial charge in [0.15, 0.2) is 0 Å². The molecule has 3 rings (SSSR count). The lowest BCUT2D eigenvalue weighted by Crippen LogP contribution is -2.46. The van der Waals surface area contributed by atoms with Crippen LogP contribution in [0.1, 0.15) is 11.1 Å². The highest BCUT2D eigenvalue weighted by Crippen LogP contribution is 2.19. The minimum Gasteiger partial charge on any atom is -0.368 e. The molecule has 2 aromatic carbocycles. The number of carbonyl (C=O) groups is 2. The Hall–Kier alpha value is -3.08. The average Bonchev–Trinajstić information content (AvgIpc) is 2.98. The molecule has 0 aliphatic heterocycles. The molecule has 0 bridgehead atoms. The summed E-state index contributed by atoms with van der Waals surface area (Å²) in [5.41, 5.74) is 8.31. The Kier molecular flexibility index (Phi) is 4.61. The van der Waals surface area contributed by atoms with E-state index < -0.39 is 11.9 Å². The molecule has 1 heterocycles. The number of benzene rings is 2. The molecule has 5 nitrogen and oxygen atoms in total. The summed E-state index contributed by atoms with van der Waals surface area (Å²) >= 11 is 0. The molecule has 0 fully saturated rings. The lowest BCUT2D eigenvalue weighted by molar-refractivity contribution is -0.126. The molecular weight excluding hydrogens is 302 g/mol. The van der Waals surface area contributed by atoms with Crippen LogP contribution in [-0.4, -0.2) is 22.8 Å². The van der Waals surface area contributed by atoms with E-state index in [1.807, 2.05) is 60.8 Å². The summed E-state index contributed by atoms with van der Waals surface area (Å²) < 4.78 is 0. The second-order valence-electron chi connectivity index (χ2n) is 5.75. The number of amides is 2. The number of hydrogen-bond donors (Lipinski definition) is 3. The molecule has 1 aromatic heterocycles. The van der Waals surface area contributed by atoms with Gasteiger partial charge >= 0.3 is 0 Å². The van der Waals surface area contributed by atoms with Gasteiger partial charge in [0.25, 0.3) is 0 Å². The van der Waals surface area contributed by atoms with E-state index in [0.29, 0.717) is 6.42 Å². The molecule has 0 radical (unpaired) electrons. The smallest absolute Gasteiger partial charge is 0.240 e. The van der Waals surface area contributed by atoms with Gasteiger partial charge in [-0.1, -0.05) is 48.5 Å². The van der Waals surface area contributed by atoms with Gasteiger partial charge in [0.05, 0.1) is 6.42 Å². The molecule has 122 valence electrons. The van der Waals surface area contributed by atoms with Gasteiger partial charge in [-0.15, -0.1) is 0 Å². The van der Waals surface area contributed by atoms with Crippen LogP contribution in [0.4, 0.5) is 0 Å². The van der Waals surface area contributed by atoms with E-state index in [0.717, 1.165) is 22.0 Å². The number of nitrogens with one attached hydrogen (secondary N) is 2. The highest BCUT2D eigenvalue weighted by atomic mass is 16.2. The van der Waals surface area contributed by atoms with Crippen molar-refractivity contribution in [3.05, 3.63) is 71.9 Å². The fourth-order valence-electron chi connectivity index (χ4n) is 2.77. The molecule has 0 aliphatic rings. The summed E-state index contributed by atoms with van der Waals surface area (Å²) in [6.07, 6.45) is 2.43. The summed E-state index contributed by atoms with van der Waals surface area (Å²) in [5.74, 6) is -0.758. The van der Waals surface area contributed by atoms with E-state index in [-0.39, 0.29) is 12.3 Å². The van der Waals surface area contributed by atoms with Crippen LogP contribution in [0.25, 0.3) is 10.9 Å². The Bertz CT molecular complexity index is 855. The van der Waals surface area contributed by atoms with Crippen molar-refractivity contribution in [2.45, 2.75) is 18.9 Å². The zero-order valence-corrected chi connectivity index (χ0v) is 13.2. The van der Waals surface area contributed by atoms with Gasteiger partial charge in [-0.05, 0) is 17.2 Å². The van der Waals surface area contributed by atoms with Crippen molar-refractivity contribution in [1.82, 2.24) is 10.3 Å². The van der Waals surface area contributed by atoms with Crippen LogP contribution in [0.3, 0.4) is 0 Å². The number of para-hydroxylation sites is 1. The molecule has 0 unspecified atom stereocenters. The molecule has 5 heteroatoms. The summed E-state index contributed by atoms with van der Waals surface area (Å²) in [4.78, 5) is 27.1. The SMILES string of the molecule is NC(=O)[C@@H](Cc1c[nH]c2ccccc12)NC(=O)Cc1ccccc1. The van der Waals surface area contributed by atoms with Crippen LogP contribution in [0.5, 0.6) is 0 Å². The Labute approximate surface area is 139 Å². The highest BCUT2D eigenvalue weighted by molar-refractivity contribution is 5.89. The predicted molar refractivity (Wildman–Crippen MR) is 93.3 cm³/mol. The molecule has 4 N–H and O–H groups in total. The number of primary amides is 1. The molecule has 2 amide bonds. The van der Waals surface area contributed by atoms with Crippen LogP contribution < -0.4 is 11.1 Å². The Morgan fingerprint density at radius 2 is 1.75 bits per heavy atom. The van der Waals surface area contributed by atoms with Gasteiger partial charge in [-0.2, -0.15) is 0 Å². The van der Waals surface area contributed by atoms with Crippen LogP contribution in [0.2, 0.25) is 0 Å². The van der Waals surface area contributed by atoms with Crippen molar-refractivity contribution in [2.75, 3.05) is 0 Å². The Balaban J connectivity index is 1.71. The second kappa shape index (κ2) is 7.00. The van der Waals surface area contributed by atoms with E-state index in [1.165, 1.54) is 0 Å². The first-order chi connectivity index (χ1) is 11.6. The number of hydrogen-bond acceptors (Lipinski definition) is 2. The molecule has 0 saturated heterocycles. The summed E-state index contributed by atoms with van der Waals surface area (Å²) in [5, 5.41) is 3.77. The quantitative estimate of drug-likeness (QED) is 0.648. The number of aromatic amines is 1. The highest BCUT2D eigenvalue weighted by Gasteiger charge is 2.20. The molecule has 24 heavy (non-hydrogen) atoms. The van der Waals surface area contributed by atoms with Crippen molar-refractivity contribution in [3.8, 4) is 0 Å². The Morgan fingerprint density at radius 3 is 2.50 bits per heavy atom. The number of nitrogens with two attached hydrogens (primary N) is 1. The maximum absolute atomic E-state index is 12.2. The number of aromatic nitrogens is 1. The maximum Gasteiger partial charge on any atom is 0.240 e. The maximum atomic E-state index is 12.2. The number of fused-ring (bicyclic) bond motifs is 1. The lowest BCUT2D eigenvalue weighted by Gasteiger charge is -2.15. The first-order valence-electron chi connectivity index (χ1n) is 7.81. The molecule has 0 aliphatic carbocycles. The molecule has 0 saturated carbocycles. The normalized spacial score (nSPS) is 12.0. The van der Waals surface area contributed by atoms with Crippen LogP contribution in [-0.2, 0) is 22.4 Å². The minimum absolute atomic E-state index is 0.218. The fourth-order valence-corrected chi connectivity index (χ4v) is 2.77. The standard InChI is InChI=1S/C19H19N3O2/c20-19(24)17(22-18(23)10-13-6-2-1-3-7-13)11-14-12-21-16-9-5-4-8-15(14)16/h1-9,12,17,21H,10-11H2,(H2,20,24)(H,22,23)/t17-/m1/s1. The predicted octanol–water partition coefficient (Wildman–Crippen LogP) is 1.92. The number of H-pyrrole nitrogens is 1.